The van der Waals surface area contributed by atoms with Gasteiger partial charge >= 0.3 is 5.97 Å². The molecule has 7 nitrogen and oxygen atoms in total. The number of thiazole rings is 1. The largest absolute Gasteiger partial charge is 0.452 e. The Morgan fingerprint density at radius 3 is 2.81 bits per heavy atom. The second-order valence-corrected chi connectivity index (χ2v) is 5.19. The van der Waals surface area contributed by atoms with Gasteiger partial charge in [0.25, 0.3) is 5.91 Å². The van der Waals surface area contributed by atoms with Gasteiger partial charge in [-0.15, -0.1) is 11.3 Å². The molecule has 0 aliphatic rings. The van der Waals surface area contributed by atoms with Gasteiger partial charge in [-0.25, -0.2) is 9.78 Å². The van der Waals surface area contributed by atoms with E-state index >= 15 is 0 Å². The number of ether oxygens (including phenoxy) is 1. The molecule has 112 valence electrons. The van der Waals surface area contributed by atoms with Gasteiger partial charge in [-0.3, -0.25) is 10.1 Å². The molecule has 0 aliphatic carbocycles. The number of anilines is 1. The lowest BCUT2D eigenvalue weighted by molar-refractivity contribution is -0.119. The number of nitrogens with zero attached hydrogens (tertiary/aromatic N) is 2. The van der Waals surface area contributed by atoms with Crippen LogP contribution in [0.25, 0.3) is 0 Å². The van der Waals surface area contributed by atoms with E-state index in [0.29, 0.717) is 23.0 Å². The maximum Gasteiger partial charge on any atom is 0.344 e. The van der Waals surface area contributed by atoms with Crippen LogP contribution < -0.4 is 5.32 Å². The van der Waals surface area contributed by atoms with Gasteiger partial charge in [-0.1, -0.05) is 12.1 Å². The molecule has 0 radical (unpaired) electrons. The summed E-state index contributed by atoms with van der Waals surface area (Å²) in [6.07, 6.45) is 0.548. The Hall–Kier alpha value is -2.22. The molecule has 21 heavy (non-hydrogen) atoms. The number of hydrogen-bond donors (Lipinski definition) is 1. The van der Waals surface area contributed by atoms with Crippen molar-refractivity contribution in [1.82, 2.24) is 10.1 Å². The molecule has 2 aromatic heterocycles. The van der Waals surface area contributed by atoms with Crippen LogP contribution in [0.5, 0.6) is 0 Å². The average Bonchev–Trinajstić information content (AvgIpc) is 3.02. The first-order chi connectivity index (χ1) is 10.0. The number of carbonyl (C=O) groups excluding carboxylic acids is 2. The van der Waals surface area contributed by atoms with Crippen molar-refractivity contribution >= 4 is 28.3 Å². The van der Waals surface area contributed by atoms with E-state index in [4.69, 9.17) is 9.26 Å². The summed E-state index contributed by atoms with van der Waals surface area (Å²) in [6.45, 7) is 4.92. The lowest BCUT2D eigenvalue weighted by Gasteiger charge is -2.04. The van der Waals surface area contributed by atoms with Crippen molar-refractivity contribution in [3.8, 4) is 0 Å². The third-order valence-corrected chi connectivity index (χ3v) is 3.55. The van der Waals surface area contributed by atoms with Gasteiger partial charge < -0.3 is 9.26 Å². The van der Waals surface area contributed by atoms with Crippen molar-refractivity contribution in [2.24, 2.45) is 0 Å². The van der Waals surface area contributed by atoms with Crippen LogP contribution in [0.4, 0.5) is 5.13 Å². The van der Waals surface area contributed by atoms with Gasteiger partial charge in [0.05, 0.1) is 11.4 Å². The zero-order valence-corrected chi connectivity index (χ0v) is 12.7. The SMILES string of the molecule is CCc1noc(C)c1C(=O)OCC(=O)Nc1nc(C)cs1. The molecule has 1 amide bonds. The molecule has 0 saturated carbocycles. The van der Waals surface area contributed by atoms with E-state index in [2.05, 4.69) is 15.5 Å². The number of amides is 1. The zero-order valence-electron chi connectivity index (χ0n) is 11.9. The quantitative estimate of drug-likeness (QED) is 0.850. The van der Waals surface area contributed by atoms with Crippen LogP contribution in [0.2, 0.25) is 0 Å². The minimum atomic E-state index is -0.615. The van der Waals surface area contributed by atoms with Crippen molar-refractivity contribution in [3.05, 3.63) is 28.1 Å². The monoisotopic (exact) mass is 309 g/mol. The summed E-state index contributed by atoms with van der Waals surface area (Å²) in [4.78, 5) is 27.7. The highest BCUT2D eigenvalue weighted by atomic mass is 32.1. The zero-order chi connectivity index (χ0) is 15.4. The molecule has 2 heterocycles. The molecule has 2 aromatic rings. The number of aromatic nitrogens is 2. The number of nitrogens with one attached hydrogen (secondary N) is 1. The number of hydrogen-bond acceptors (Lipinski definition) is 7. The van der Waals surface area contributed by atoms with Crippen molar-refractivity contribution < 1.29 is 18.8 Å². The summed E-state index contributed by atoms with van der Waals surface area (Å²) in [5, 5.41) is 8.62. The van der Waals surface area contributed by atoms with Crippen molar-refractivity contribution in [2.75, 3.05) is 11.9 Å². The predicted molar refractivity (Wildman–Crippen MR) is 76.4 cm³/mol. The highest BCUT2D eigenvalue weighted by molar-refractivity contribution is 7.13. The topological polar surface area (TPSA) is 94.3 Å². The van der Waals surface area contributed by atoms with Crippen LogP contribution in [0, 0.1) is 13.8 Å². The first kappa shape index (κ1) is 15.2. The van der Waals surface area contributed by atoms with E-state index < -0.39 is 11.9 Å². The van der Waals surface area contributed by atoms with E-state index in [0.717, 1.165) is 5.69 Å². The van der Waals surface area contributed by atoms with Crippen LogP contribution in [-0.4, -0.2) is 28.6 Å². The maximum absolute atomic E-state index is 12.0. The molecule has 8 heteroatoms. The molecular formula is C13H15N3O4S. The van der Waals surface area contributed by atoms with Gasteiger partial charge in [0.2, 0.25) is 0 Å². The lowest BCUT2D eigenvalue weighted by Crippen LogP contribution is -2.21. The number of esters is 1. The summed E-state index contributed by atoms with van der Waals surface area (Å²) in [5.41, 5.74) is 1.63. The van der Waals surface area contributed by atoms with Gasteiger partial charge in [-0.2, -0.15) is 0 Å². The highest BCUT2D eigenvalue weighted by Crippen LogP contribution is 2.16. The number of rotatable bonds is 5. The molecule has 0 aromatic carbocycles. The first-order valence-electron chi connectivity index (χ1n) is 6.35. The van der Waals surface area contributed by atoms with E-state index in [9.17, 15) is 9.59 Å². The van der Waals surface area contributed by atoms with Crippen LogP contribution in [0.3, 0.4) is 0 Å². The van der Waals surface area contributed by atoms with Crippen molar-refractivity contribution in [3.63, 3.8) is 0 Å². The maximum atomic E-state index is 12.0. The fourth-order valence-electron chi connectivity index (χ4n) is 1.69. The fraction of sp³-hybridized carbons (Fsp3) is 0.385. The van der Waals surface area contributed by atoms with Crippen LogP contribution in [-0.2, 0) is 16.0 Å². The number of carbonyl (C=O) groups is 2. The third-order valence-electron chi connectivity index (χ3n) is 2.67. The minimum absolute atomic E-state index is 0.287. The van der Waals surface area contributed by atoms with Gasteiger partial charge in [0.1, 0.15) is 11.3 Å². The van der Waals surface area contributed by atoms with E-state index in [-0.39, 0.29) is 12.2 Å². The van der Waals surface area contributed by atoms with Crippen molar-refractivity contribution in [2.45, 2.75) is 27.2 Å². The molecule has 0 bridgehead atoms. The Labute approximate surface area is 125 Å². The molecular weight excluding hydrogens is 294 g/mol. The average molecular weight is 309 g/mol. The lowest BCUT2D eigenvalue weighted by atomic mass is 10.1. The van der Waals surface area contributed by atoms with E-state index in [1.807, 2.05) is 19.2 Å². The minimum Gasteiger partial charge on any atom is -0.452 e. The van der Waals surface area contributed by atoms with Crippen LogP contribution >= 0.6 is 11.3 Å². The Bertz CT molecular complexity index is 662. The smallest absolute Gasteiger partial charge is 0.344 e. The molecule has 1 N–H and O–H groups in total. The van der Waals surface area contributed by atoms with Crippen LogP contribution in [0.15, 0.2) is 9.90 Å². The third kappa shape index (κ3) is 3.66. The second-order valence-electron chi connectivity index (χ2n) is 4.33. The Morgan fingerprint density at radius 2 is 2.19 bits per heavy atom. The van der Waals surface area contributed by atoms with Gasteiger partial charge in [0.15, 0.2) is 11.7 Å². The molecule has 0 unspecified atom stereocenters. The summed E-state index contributed by atoms with van der Waals surface area (Å²) in [6, 6.07) is 0. The Morgan fingerprint density at radius 1 is 1.43 bits per heavy atom. The normalized spacial score (nSPS) is 10.4. The Balaban J connectivity index is 1.91. The summed E-state index contributed by atoms with van der Waals surface area (Å²) in [7, 11) is 0. The molecule has 2 rings (SSSR count). The molecule has 0 fully saturated rings. The summed E-state index contributed by atoms with van der Waals surface area (Å²) >= 11 is 1.31. The number of aryl methyl sites for hydroxylation is 3. The highest BCUT2D eigenvalue weighted by Gasteiger charge is 2.21. The van der Waals surface area contributed by atoms with Gasteiger partial charge in [0, 0.05) is 5.38 Å². The molecule has 0 spiro atoms. The second kappa shape index (κ2) is 6.49. The van der Waals surface area contributed by atoms with Gasteiger partial charge in [-0.05, 0) is 20.3 Å². The Kier molecular flexibility index (Phi) is 4.69. The first-order valence-corrected chi connectivity index (χ1v) is 7.23. The predicted octanol–water partition coefficient (Wildman–Crippen LogP) is 2.11. The molecule has 0 atom stereocenters. The van der Waals surface area contributed by atoms with Crippen molar-refractivity contribution in [1.29, 1.82) is 0 Å². The van der Waals surface area contributed by atoms with Crippen LogP contribution in [0.1, 0.15) is 34.4 Å². The van der Waals surface area contributed by atoms with E-state index in [1.165, 1.54) is 11.3 Å². The van der Waals surface area contributed by atoms with E-state index in [1.54, 1.807) is 6.92 Å². The molecule has 0 aliphatic heterocycles. The fourth-order valence-corrected chi connectivity index (χ4v) is 2.40. The molecule has 0 saturated heterocycles. The summed E-state index contributed by atoms with van der Waals surface area (Å²) < 4.78 is 9.93. The standard InChI is InChI=1S/C13H15N3O4S/c1-4-9-11(8(3)20-16-9)12(18)19-5-10(17)15-13-14-7(2)6-21-13/h6H,4-5H2,1-3H3,(H,14,15,17). The summed E-state index contributed by atoms with van der Waals surface area (Å²) in [5.74, 6) is -0.672.